The van der Waals surface area contributed by atoms with Gasteiger partial charge in [0.2, 0.25) is 0 Å². The zero-order valence-electron chi connectivity index (χ0n) is 7.50. The van der Waals surface area contributed by atoms with Gasteiger partial charge in [0.15, 0.2) is 11.6 Å². The van der Waals surface area contributed by atoms with Gasteiger partial charge in [-0.2, -0.15) is 0 Å². The average molecular weight is 218 g/mol. The van der Waals surface area contributed by atoms with Crippen molar-refractivity contribution in [2.24, 2.45) is 5.16 Å². The molecule has 0 amide bonds. The van der Waals surface area contributed by atoms with Crippen molar-refractivity contribution >= 4 is 17.8 Å². The Balaban J connectivity index is 3.11. The fourth-order valence-electron chi connectivity index (χ4n) is 1.00. The summed E-state index contributed by atoms with van der Waals surface area (Å²) < 4.78 is 18.3. The third-order valence-electron chi connectivity index (χ3n) is 1.52. The monoisotopic (exact) mass is 217 g/mol. The lowest BCUT2D eigenvalue weighted by molar-refractivity contribution is 0.320. The third kappa shape index (κ3) is 2.35. The second-order valence-corrected chi connectivity index (χ2v) is 2.90. The van der Waals surface area contributed by atoms with Crippen LogP contribution in [0, 0.1) is 5.82 Å². The van der Waals surface area contributed by atoms with E-state index in [1.165, 1.54) is 12.1 Å². The first-order valence-corrected chi connectivity index (χ1v) is 4.36. The van der Waals surface area contributed by atoms with Crippen molar-refractivity contribution in [2.45, 2.75) is 6.92 Å². The van der Waals surface area contributed by atoms with Crippen molar-refractivity contribution in [3.05, 3.63) is 28.5 Å². The van der Waals surface area contributed by atoms with E-state index in [0.717, 1.165) is 6.21 Å². The van der Waals surface area contributed by atoms with Crippen LogP contribution in [-0.4, -0.2) is 18.0 Å². The Morgan fingerprint density at radius 3 is 2.86 bits per heavy atom. The maximum Gasteiger partial charge on any atom is 0.173 e. The first kappa shape index (κ1) is 10.8. The molecule has 0 aliphatic heterocycles. The second-order valence-electron chi connectivity index (χ2n) is 2.49. The molecule has 0 aliphatic rings. The van der Waals surface area contributed by atoms with Gasteiger partial charge in [-0.25, -0.2) is 4.39 Å². The summed E-state index contributed by atoms with van der Waals surface area (Å²) in [5, 5.41) is 11.2. The van der Waals surface area contributed by atoms with Gasteiger partial charge < -0.3 is 9.94 Å². The minimum absolute atomic E-state index is 0.0178. The molecule has 76 valence electrons. The Labute approximate surface area is 85.8 Å². The van der Waals surface area contributed by atoms with Gasteiger partial charge in [-0.05, 0) is 19.1 Å². The Hall–Kier alpha value is -1.29. The fraction of sp³-hybridized carbons (Fsp3) is 0.222. The zero-order chi connectivity index (χ0) is 10.6. The lowest BCUT2D eigenvalue weighted by Crippen LogP contribution is -1.97. The van der Waals surface area contributed by atoms with Crippen molar-refractivity contribution < 1.29 is 14.3 Å². The number of nitrogens with zero attached hydrogens (tertiary/aromatic N) is 1. The summed E-state index contributed by atoms with van der Waals surface area (Å²) in [7, 11) is 0. The van der Waals surface area contributed by atoms with Crippen LogP contribution in [0.25, 0.3) is 0 Å². The van der Waals surface area contributed by atoms with Gasteiger partial charge in [-0.3, -0.25) is 0 Å². The van der Waals surface area contributed by atoms with Crippen molar-refractivity contribution in [3.8, 4) is 5.75 Å². The highest BCUT2D eigenvalue weighted by Gasteiger charge is 2.09. The second kappa shape index (κ2) is 4.81. The molecule has 14 heavy (non-hydrogen) atoms. The first-order chi connectivity index (χ1) is 6.69. The van der Waals surface area contributed by atoms with Crippen LogP contribution in [0.3, 0.4) is 0 Å². The summed E-state index contributed by atoms with van der Waals surface area (Å²) in [6.07, 6.45) is 1.09. The molecule has 0 unspecified atom stereocenters. The topological polar surface area (TPSA) is 41.8 Å². The maximum absolute atomic E-state index is 13.3. The molecule has 1 rings (SSSR count). The van der Waals surface area contributed by atoms with Crippen molar-refractivity contribution in [2.75, 3.05) is 6.61 Å². The summed E-state index contributed by atoms with van der Waals surface area (Å²) in [6, 6.07) is 2.63. The molecule has 1 aromatic rings. The van der Waals surface area contributed by atoms with Crippen LogP contribution in [-0.2, 0) is 0 Å². The maximum atomic E-state index is 13.3. The largest absolute Gasteiger partial charge is 0.489 e. The van der Waals surface area contributed by atoms with E-state index in [9.17, 15) is 4.39 Å². The molecule has 3 nitrogen and oxygen atoms in total. The normalized spacial score (nSPS) is 10.8. The van der Waals surface area contributed by atoms with E-state index < -0.39 is 5.82 Å². The Kier molecular flexibility index (Phi) is 3.71. The summed E-state index contributed by atoms with van der Waals surface area (Å²) in [4.78, 5) is 0. The smallest absolute Gasteiger partial charge is 0.173 e. The van der Waals surface area contributed by atoms with E-state index in [-0.39, 0.29) is 10.8 Å². The zero-order valence-corrected chi connectivity index (χ0v) is 8.25. The molecule has 0 spiro atoms. The minimum Gasteiger partial charge on any atom is -0.489 e. The van der Waals surface area contributed by atoms with Crippen LogP contribution >= 0.6 is 11.6 Å². The molecule has 0 saturated heterocycles. The molecule has 0 aliphatic carbocycles. The molecule has 0 fully saturated rings. The Bertz CT molecular complexity index is 332. The molecule has 0 bridgehead atoms. The highest BCUT2D eigenvalue weighted by Crippen LogP contribution is 2.28. The molecule has 5 heteroatoms. The third-order valence-corrected chi connectivity index (χ3v) is 1.80. The Morgan fingerprint density at radius 1 is 1.64 bits per heavy atom. The molecule has 0 heterocycles. The number of halogens is 2. The number of rotatable bonds is 3. The van der Waals surface area contributed by atoms with Crippen molar-refractivity contribution in [1.29, 1.82) is 0 Å². The molecule has 0 aromatic heterocycles. The standard InChI is InChI=1S/C9H9ClFNO2/c1-2-14-9-7(10)3-6(5-12-13)4-8(9)11/h3-5,13H,2H2,1H3. The summed E-state index contributed by atoms with van der Waals surface area (Å²) in [5.41, 5.74) is 0.374. The van der Waals surface area contributed by atoms with Crippen molar-refractivity contribution in [3.63, 3.8) is 0 Å². The van der Waals surface area contributed by atoms with Gasteiger partial charge in [0.25, 0.3) is 0 Å². The van der Waals surface area contributed by atoms with Gasteiger partial charge in [-0.1, -0.05) is 16.8 Å². The molecule has 1 N–H and O–H groups in total. The van der Waals surface area contributed by atoms with E-state index in [2.05, 4.69) is 5.16 Å². The van der Waals surface area contributed by atoms with Gasteiger partial charge in [0.05, 0.1) is 17.8 Å². The van der Waals surface area contributed by atoms with E-state index in [0.29, 0.717) is 12.2 Å². The molecule has 1 aromatic carbocycles. The van der Waals surface area contributed by atoms with E-state index >= 15 is 0 Å². The highest BCUT2D eigenvalue weighted by atomic mass is 35.5. The summed E-state index contributed by atoms with van der Waals surface area (Å²) in [5.74, 6) is -0.557. The lowest BCUT2D eigenvalue weighted by atomic mass is 10.2. The Morgan fingerprint density at radius 2 is 2.36 bits per heavy atom. The molecular weight excluding hydrogens is 209 g/mol. The predicted molar refractivity (Wildman–Crippen MR) is 52.0 cm³/mol. The highest BCUT2D eigenvalue weighted by molar-refractivity contribution is 6.32. The van der Waals surface area contributed by atoms with Crippen LogP contribution in [0.4, 0.5) is 4.39 Å². The molecular formula is C9H9ClFNO2. The van der Waals surface area contributed by atoms with E-state index in [1.54, 1.807) is 6.92 Å². The van der Waals surface area contributed by atoms with Crippen LogP contribution in [0.2, 0.25) is 5.02 Å². The minimum atomic E-state index is -0.575. The van der Waals surface area contributed by atoms with Crippen LogP contribution < -0.4 is 4.74 Å². The SMILES string of the molecule is CCOc1c(F)cc(C=NO)cc1Cl. The summed E-state index contributed by atoms with van der Waals surface area (Å²) >= 11 is 5.74. The van der Waals surface area contributed by atoms with Crippen LogP contribution in [0.5, 0.6) is 5.75 Å². The number of oxime groups is 1. The van der Waals surface area contributed by atoms with Crippen molar-refractivity contribution in [1.82, 2.24) is 0 Å². The number of hydrogen-bond acceptors (Lipinski definition) is 3. The van der Waals surface area contributed by atoms with Gasteiger partial charge >= 0.3 is 0 Å². The van der Waals surface area contributed by atoms with Crippen LogP contribution in [0.1, 0.15) is 12.5 Å². The first-order valence-electron chi connectivity index (χ1n) is 3.98. The van der Waals surface area contributed by atoms with Crippen LogP contribution in [0.15, 0.2) is 17.3 Å². The number of hydrogen-bond donors (Lipinski definition) is 1. The fourth-order valence-corrected chi connectivity index (χ4v) is 1.27. The molecule has 0 radical (unpaired) electrons. The van der Waals surface area contributed by atoms with Gasteiger partial charge in [0.1, 0.15) is 0 Å². The van der Waals surface area contributed by atoms with E-state index in [1.807, 2.05) is 0 Å². The average Bonchev–Trinajstić information content (AvgIpc) is 2.12. The summed E-state index contributed by atoms with van der Waals surface area (Å²) in [6.45, 7) is 2.07. The van der Waals surface area contributed by atoms with E-state index in [4.69, 9.17) is 21.5 Å². The molecule has 0 atom stereocenters. The quantitative estimate of drug-likeness (QED) is 0.481. The van der Waals surface area contributed by atoms with Gasteiger partial charge in [-0.15, -0.1) is 0 Å². The molecule has 0 saturated carbocycles. The number of ether oxygens (including phenoxy) is 1. The predicted octanol–water partition coefficient (Wildman–Crippen LogP) is 2.69. The lowest BCUT2D eigenvalue weighted by Gasteiger charge is -2.07. The van der Waals surface area contributed by atoms with Gasteiger partial charge in [0, 0.05) is 5.56 Å². The number of benzene rings is 1.